The van der Waals surface area contributed by atoms with Crippen LogP contribution in [0, 0.1) is 17.5 Å². The maximum Gasteiger partial charge on any atom is 0.251 e. The number of halogens is 4. The van der Waals surface area contributed by atoms with Gasteiger partial charge in [0.25, 0.3) is 5.91 Å². The molecule has 0 radical (unpaired) electrons. The van der Waals surface area contributed by atoms with Crippen molar-refractivity contribution in [2.75, 3.05) is 6.54 Å². The molecule has 0 aliphatic heterocycles. The first kappa shape index (κ1) is 20.9. The molecule has 4 aromatic rings. The van der Waals surface area contributed by atoms with Gasteiger partial charge in [-0.15, -0.1) is 0 Å². The fraction of sp³-hybridized carbons (Fsp3) is 0.136. The molecule has 0 bridgehead atoms. The lowest BCUT2D eigenvalue weighted by molar-refractivity contribution is 0.0954. The summed E-state index contributed by atoms with van der Waals surface area (Å²) in [6, 6.07) is 5.76. The summed E-state index contributed by atoms with van der Waals surface area (Å²) in [5, 5.41) is 3.77. The Hall–Kier alpha value is -3.39. The summed E-state index contributed by atoms with van der Waals surface area (Å²) >= 11 is 6.19. The van der Waals surface area contributed by atoms with Crippen LogP contribution in [0.3, 0.4) is 0 Å². The minimum atomic E-state index is -1.10. The molecule has 0 fully saturated rings. The molecular formula is C22H16ClF3N4O. The summed E-state index contributed by atoms with van der Waals surface area (Å²) in [6.07, 6.45) is 5.28. The van der Waals surface area contributed by atoms with Crippen LogP contribution in [0.15, 0.2) is 48.9 Å². The summed E-state index contributed by atoms with van der Waals surface area (Å²) in [5.41, 5.74) is -0.298. The summed E-state index contributed by atoms with van der Waals surface area (Å²) < 4.78 is 43.9. The van der Waals surface area contributed by atoms with Gasteiger partial charge in [0.1, 0.15) is 23.3 Å². The van der Waals surface area contributed by atoms with Crippen LogP contribution in [-0.4, -0.2) is 27.0 Å². The molecule has 1 amide bonds. The summed E-state index contributed by atoms with van der Waals surface area (Å²) in [5.74, 6) is -2.79. The van der Waals surface area contributed by atoms with Crippen molar-refractivity contribution in [2.45, 2.75) is 6.42 Å². The number of aromatic nitrogens is 3. The molecule has 158 valence electrons. The molecule has 0 aliphatic carbocycles. The van der Waals surface area contributed by atoms with Crippen LogP contribution in [0.25, 0.3) is 22.0 Å². The summed E-state index contributed by atoms with van der Waals surface area (Å²) in [7, 11) is 1.86. The number of rotatable bonds is 5. The fourth-order valence-corrected chi connectivity index (χ4v) is 3.56. The number of fused-ring (bicyclic) bond motifs is 1. The topological polar surface area (TPSA) is 59.8 Å². The highest BCUT2D eigenvalue weighted by Crippen LogP contribution is 2.34. The van der Waals surface area contributed by atoms with Gasteiger partial charge in [-0.05, 0) is 12.1 Å². The van der Waals surface area contributed by atoms with Crippen LogP contribution in [0.4, 0.5) is 13.2 Å². The molecule has 2 aromatic heterocycles. The molecule has 0 saturated heterocycles. The van der Waals surface area contributed by atoms with Crippen LogP contribution >= 0.6 is 11.6 Å². The average Bonchev–Trinajstić information content (AvgIpc) is 3.13. The first-order chi connectivity index (χ1) is 14.8. The summed E-state index contributed by atoms with van der Waals surface area (Å²) in [6.45, 7) is 0.351. The smallest absolute Gasteiger partial charge is 0.251 e. The highest BCUT2D eigenvalue weighted by Gasteiger charge is 2.19. The molecule has 5 nitrogen and oxygen atoms in total. The van der Waals surface area contributed by atoms with E-state index in [9.17, 15) is 18.0 Å². The van der Waals surface area contributed by atoms with E-state index in [2.05, 4.69) is 15.3 Å². The van der Waals surface area contributed by atoms with E-state index in [0.29, 0.717) is 30.5 Å². The predicted octanol–water partition coefficient (Wildman–Crippen LogP) is 4.68. The number of carbonyl (C=O) groups is 1. The maximum absolute atomic E-state index is 14.4. The van der Waals surface area contributed by atoms with Crippen LogP contribution in [0.5, 0.6) is 0 Å². The van der Waals surface area contributed by atoms with Crippen molar-refractivity contribution in [3.05, 3.63) is 82.8 Å². The Balaban J connectivity index is 1.69. The van der Waals surface area contributed by atoms with Crippen LogP contribution in [0.1, 0.15) is 16.2 Å². The number of pyridine rings is 1. The van der Waals surface area contributed by atoms with Gasteiger partial charge in [0.05, 0.1) is 16.3 Å². The number of amides is 1. The molecule has 1 N–H and O–H groups in total. The van der Waals surface area contributed by atoms with E-state index < -0.39 is 23.0 Å². The number of hydrogen-bond donors (Lipinski definition) is 1. The Morgan fingerprint density at radius 1 is 1.10 bits per heavy atom. The second kappa shape index (κ2) is 8.39. The molecule has 0 spiro atoms. The van der Waals surface area contributed by atoms with Crippen molar-refractivity contribution >= 4 is 28.3 Å². The second-order valence-corrected chi connectivity index (χ2v) is 7.33. The van der Waals surface area contributed by atoms with Gasteiger partial charge in [-0.25, -0.2) is 18.2 Å². The number of hydrogen-bond acceptors (Lipinski definition) is 3. The Morgan fingerprint density at radius 2 is 1.84 bits per heavy atom. The molecule has 2 aromatic carbocycles. The molecule has 0 aliphatic rings. The lowest BCUT2D eigenvalue weighted by Crippen LogP contribution is -2.26. The highest BCUT2D eigenvalue weighted by molar-refractivity contribution is 6.35. The van der Waals surface area contributed by atoms with E-state index in [1.54, 1.807) is 18.3 Å². The number of imidazole rings is 1. The SMILES string of the molecule is Cn1ccnc1CCNC(=O)c1ccc2c(Cl)cnc(-c3c(F)cc(F)cc3F)c2c1. The van der Waals surface area contributed by atoms with Gasteiger partial charge < -0.3 is 9.88 Å². The minimum absolute atomic E-state index is 0.0722. The first-order valence-corrected chi connectivity index (χ1v) is 9.70. The van der Waals surface area contributed by atoms with Gasteiger partial charge in [-0.1, -0.05) is 17.7 Å². The fourth-order valence-electron chi connectivity index (χ4n) is 3.34. The van der Waals surface area contributed by atoms with Crippen LogP contribution in [-0.2, 0) is 13.5 Å². The van der Waals surface area contributed by atoms with Gasteiger partial charge in [0.15, 0.2) is 0 Å². The molecule has 0 atom stereocenters. The molecule has 0 saturated carbocycles. The van der Waals surface area contributed by atoms with Crippen molar-refractivity contribution < 1.29 is 18.0 Å². The zero-order valence-electron chi connectivity index (χ0n) is 16.3. The first-order valence-electron chi connectivity index (χ1n) is 9.32. The lowest BCUT2D eigenvalue weighted by atomic mass is 10.0. The largest absolute Gasteiger partial charge is 0.352 e. The normalized spacial score (nSPS) is 11.1. The third-order valence-electron chi connectivity index (χ3n) is 4.90. The average molecular weight is 445 g/mol. The number of carbonyl (C=O) groups excluding carboxylic acids is 1. The molecule has 2 heterocycles. The number of nitrogens with zero attached hydrogens (tertiary/aromatic N) is 3. The van der Waals surface area contributed by atoms with Crippen LogP contribution < -0.4 is 5.32 Å². The van der Waals surface area contributed by atoms with E-state index in [0.717, 1.165) is 5.82 Å². The Kier molecular flexibility index (Phi) is 5.65. The van der Waals surface area contributed by atoms with Gasteiger partial charge >= 0.3 is 0 Å². The van der Waals surface area contributed by atoms with E-state index >= 15 is 0 Å². The van der Waals surface area contributed by atoms with Crippen LogP contribution in [0.2, 0.25) is 5.02 Å². The van der Waals surface area contributed by atoms with E-state index in [1.165, 1.54) is 12.3 Å². The van der Waals surface area contributed by atoms with E-state index in [-0.39, 0.29) is 27.6 Å². The molecule has 9 heteroatoms. The van der Waals surface area contributed by atoms with Crippen molar-refractivity contribution in [3.63, 3.8) is 0 Å². The Morgan fingerprint density at radius 3 is 2.52 bits per heavy atom. The van der Waals surface area contributed by atoms with E-state index in [1.807, 2.05) is 17.8 Å². The van der Waals surface area contributed by atoms with Crippen molar-refractivity contribution in [1.29, 1.82) is 0 Å². The third kappa shape index (κ3) is 4.11. The van der Waals surface area contributed by atoms with Gasteiger partial charge in [0, 0.05) is 67.1 Å². The standard InChI is InChI=1S/C22H16ClF3N4O/c1-30-7-6-27-19(30)4-5-28-22(31)12-2-3-14-15(8-12)21(29-11-16(14)23)20-17(25)9-13(24)10-18(20)26/h2-3,6-11H,4-5H2,1H3,(H,28,31). The van der Waals surface area contributed by atoms with Gasteiger partial charge in [-0.2, -0.15) is 0 Å². The Labute approximate surface area is 180 Å². The summed E-state index contributed by atoms with van der Waals surface area (Å²) in [4.78, 5) is 20.9. The maximum atomic E-state index is 14.4. The van der Waals surface area contributed by atoms with Crippen molar-refractivity contribution in [3.8, 4) is 11.3 Å². The minimum Gasteiger partial charge on any atom is -0.352 e. The molecule has 31 heavy (non-hydrogen) atoms. The molecule has 4 rings (SSSR count). The monoisotopic (exact) mass is 444 g/mol. The van der Waals surface area contributed by atoms with Crippen molar-refractivity contribution in [2.24, 2.45) is 7.05 Å². The highest BCUT2D eigenvalue weighted by atomic mass is 35.5. The quantitative estimate of drug-likeness (QED) is 0.486. The third-order valence-corrected chi connectivity index (χ3v) is 5.20. The van der Waals surface area contributed by atoms with Gasteiger partial charge in [0.2, 0.25) is 0 Å². The molecular weight excluding hydrogens is 429 g/mol. The Bertz CT molecular complexity index is 1280. The predicted molar refractivity (Wildman–Crippen MR) is 111 cm³/mol. The zero-order chi connectivity index (χ0) is 22.1. The number of nitrogens with one attached hydrogen (secondary N) is 1. The number of benzene rings is 2. The second-order valence-electron chi connectivity index (χ2n) is 6.92. The zero-order valence-corrected chi connectivity index (χ0v) is 17.1. The van der Waals surface area contributed by atoms with Gasteiger partial charge in [-0.3, -0.25) is 9.78 Å². The van der Waals surface area contributed by atoms with Crippen molar-refractivity contribution in [1.82, 2.24) is 19.9 Å². The number of aryl methyl sites for hydroxylation is 1. The van der Waals surface area contributed by atoms with E-state index in [4.69, 9.17) is 11.6 Å². The lowest BCUT2D eigenvalue weighted by Gasteiger charge is -2.11. The molecule has 0 unspecified atom stereocenters.